The molecule has 0 saturated carbocycles. The zero-order chi connectivity index (χ0) is 24.8. The number of hydrogen-bond acceptors (Lipinski definition) is 4. The summed E-state index contributed by atoms with van der Waals surface area (Å²) in [7, 11) is 0. The molecule has 0 bridgehead atoms. The van der Waals surface area contributed by atoms with Crippen LogP contribution in [0.1, 0.15) is 29.3 Å². The Morgan fingerprint density at radius 1 is 0.882 bits per heavy atom. The molecule has 3 aromatic rings. The average Bonchev–Trinajstić information content (AvgIpc) is 2.87. The van der Waals surface area contributed by atoms with E-state index in [0.717, 1.165) is 21.8 Å². The Labute approximate surface area is 205 Å². The molecule has 178 valence electrons. The molecule has 2 N–H and O–H groups in total. The summed E-state index contributed by atoms with van der Waals surface area (Å²) in [5.41, 5.74) is 3.62. The molecule has 3 amide bonds. The first-order valence-electron chi connectivity index (χ1n) is 11.0. The second kappa shape index (κ2) is 14.5. The molecule has 34 heavy (non-hydrogen) atoms. The van der Waals surface area contributed by atoms with Crippen LogP contribution in [0.2, 0.25) is 0 Å². The van der Waals surface area contributed by atoms with E-state index in [4.69, 9.17) is 5.11 Å². The predicted molar refractivity (Wildman–Crippen MR) is 138 cm³/mol. The number of carboxylic acid groups (broad SMARTS) is 1. The van der Waals surface area contributed by atoms with Crippen molar-refractivity contribution >= 4 is 29.7 Å². The molecule has 0 fully saturated rings. The van der Waals surface area contributed by atoms with Gasteiger partial charge in [0, 0.05) is 17.9 Å². The van der Waals surface area contributed by atoms with Crippen LogP contribution in [0.25, 0.3) is 11.1 Å². The van der Waals surface area contributed by atoms with E-state index in [-0.39, 0.29) is 6.54 Å². The van der Waals surface area contributed by atoms with E-state index < -0.39 is 24.5 Å². The molecular weight excluding hydrogens is 448 g/mol. The molecule has 0 aliphatic carbocycles. The standard InChI is InChI=1S/C19H20N2O4.C8H10S/c1-2-11-21(19(25)20-13-17(22)23)18(24)16-10-6-9-15(12-16)14-7-4-3-5-8-14;1-9-7-8-5-3-2-4-6-8/h3-10,12H,2,11,13H2,1H3,(H,20,25)(H,22,23);2-6H,7H2,1H3. The van der Waals surface area contributed by atoms with Crippen LogP contribution < -0.4 is 5.32 Å². The first-order chi connectivity index (χ1) is 16.5. The van der Waals surface area contributed by atoms with Gasteiger partial charge in [-0.2, -0.15) is 11.8 Å². The summed E-state index contributed by atoms with van der Waals surface area (Å²) in [6.45, 7) is 1.52. The van der Waals surface area contributed by atoms with Crippen molar-refractivity contribution in [2.24, 2.45) is 0 Å². The lowest BCUT2D eigenvalue weighted by Gasteiger charge is -2.20. The maximum absolute atomic E-state index is 12.7. The Kier molecular flexibility index (Phi) is 11.4. The monoisotopic (exact) mass is 478 g/mol. The summed E-state index contributed by atoms with van der Waals surface area (Å²) in [6, 6.07) is 26.4. The Morgan fingerprint density at radius 2 is 1.50 bits per heavy atom. The third kappa shape index (κ3) is 8.75. The molecule has 0 radical (unpaired) electrons. The highest BCUT2D eigenvalue weighted by Gasteiger charge is 2.22. The van der Waals surface area contributed by atoms with E-state index in [1.807, 2.05) is 61.2 Å². The summed E-state index contributed by atoms with van der Waals surface area (Å²) < 4.78 is 0. The van der Waals surface area contributed by atoms with E-state index in [9.17, 15) is 14.4 Å². The smallest absolute Gasteiger partial charge is 0.324 e. The van der Waals surface area contributed by atoms with Crippen LogP contribution in [0.5, 0.6) is 0 Å². The Hall–Kier alpha value is -3.58. The number of benzene rings is 3. The first kappa shape index (κ1) is 26.7. The highest BCUT2D eigenvalue weighted by atomic mass is 32.2. The molecule has 0 aliphatic rings. The molecule has 0 saturated heterocycles. The lowest BCUT2D eigenvalue weighted by atomic mass is 10.0. The second-order valence-corrected chi connectivity index (χ2v) is 8.24. The molecular formula is C27H30N2O4S. The van der Waals surface area contributed by atoms with Gasteiger partial charge in [-0.15, -0.1) is 0 Å². The topological polar surface area (TPSA) is 86.7 Å². The number of thioether (sulfide) groups is 1. The van der Waals surface area contributed by atoms with Crippen molar-refractivity contribution in [3.05, 3.63) is 96.1 Å². The minimum Gasteiger partial charge on any atom is -0.480 e. The molecule has 7 heteroatoms. The molecule has 0 heterocycles. The molecule has 0 aliphatic heterocycles. The zero-order valence-electron chi connectivity index (χ0n) is 19.4. The lowest BCUT2D eigenvalue weighted by Crippen LogP contribution is -2.45. The van der Waals surface area contributed by atoms with Crippen LogP contribution in [0.15, 0.2) is 84.9 Å². The molecule has 0 atom stereocenters. The van der Waals surface area contributed by atoms with Gasteiger partial charge in [0.1, 0.15) is 6.54 Å². The Balaban J connectivity index is 0.000000379. The van der Waals surface area contributed by atoms with Crippen LogP contribution in [0.4, 0.5) is 4.79 Å². The molecule has 3 rings (SSSR count). The number of imide groups is 1. The molecule has 0 spiro atoms. The van der Waals surface area contributed by atoms with E-state index in [1.165, 1.54) is 5.56 Å². The third-order valence-corrected chi connectivity index (χ3v) is 5.32. The number of carbonyl (C=O) groups is 3. The predicted octanol–water partition coefficient (Wildman–Crippen LogP) is 5.55. The minimum atomic E-state index is -1.16. The number of nitrogens with one attached hydrogen (secondary N) is 1. The van der Waals surface area contributed by atoms with E-state index in [1.54, 1.807) is 18.2 Å². The van der Waals surface area contributed by atoms with E-state index >= 15 is 0 Å². The number of aliphatic carboxylic acids is 1. The normalized spacial score (nSPS) is 9.94. The fourth-order valence-electron chi connectivity index (χ4n) is 3.12. The van der Waals surface area contributed by atoms with Gasteiger partial charge in [0.05, 0.1) is 0 Å². The third-order valence-electron chi connectivity index (χ3n) is 4.70. The molecule has 0 unspecified atom stereocenters. The fraction of sp³-hybridized carbons (Fsp3) is 0.222. The van der Waals surface area contributed by atoms with Gasteiger partial charge in [0.25, 0.3) is 5.91 Å². The van der Waals surface area contributed by atoms with Gasteiger partial charge >= 0.3 is 12.0 Å². The second-order valence-electron chi connectivity index (χ2n) is 7.37. The first-order valence-corrected chi connectivity index (χ1v) is 12.4. The number of hydrogen-bond donors (Lipinski definition) is 2. The van der Waals surface area contributed by atoms with Crippen molar-refractivity contribution in [1.82, 2.24) is 10.2 Å². The summed E-state index contributed by atoms with van der Waals surface area (Å²) >= 11 is 1.85. The Morgan fingerprint density at radius 3 is 2.09 bits per heavy atom. The maximum Gasteiger partial charge on any atom is 0.324 e. The lowest BCUT2D eigenvalue weighted by molar-refractivity contribution is -0.135. The quantitative estimate of drug-likeness (QED) is 0.443. The SMILES string of the molecule is CCCN(C(=O)NCC(=O)O)C(=O)c1cccc(-c2ccccc2)c1.CSCc1ccccc1. The Bertz CT molecular complexity index is 1060. The fourth-order valence-corrected chi connectivity index (χ4v) is 3.65. The van der Waals surface area contributed by atoms with Gasteiger partial charge in [0.15, 0.2) is 0 Å². The van der Waals surface area contributed by atoms with E-state index in [0.29, 0.717) is 12.0 Å². The maximum atomic E-state index is 12.7. The van der Waals surface area contributed by atoms with Crippen LogP contribution in [-0.2, 0) is 10.5 Å². The van der Waals surface area contributed by atoms with Crippen LogP contribution in [0, 0.1) is 0 Å². The van der Waals surface area contributed by atoms with Gasteiger partial charge in [-0.3, -0.25) is 14.5 Å². The van der Waals surface area contributed by atoms with Crippen LogP contribution in [-0.4, -0.2) is 47.3 Å². The van der Waals surface area contributed by atoms with Gasteiger partial charge < -0.3 is 10.4 Å². The number of amides is 3. The summed E-state index contributed by atoms with van der Waals surface area (Å²) in [4.78, 5) is 36.5. The van der Waals surface area contributed by atoms with Gasteiger partial charge in [-0.25, -0.2) is 4.79 Å². The molecule has 0 aromatic heterocycles. The average molecular weight is 479 g/mol. The van der Waals surface area contributed by atoms with Gasteiger partial charge in [0.2, 0.25) is 0 Å². The minimum absolute atomic E-state index is 0.208. The number of carboxylic acids is 1. The van der Waals surface area contributed by atoms with Crippen molar-refractivity contribution in [2.75, 3.05) is 19.3 Å². The van der Waals surface area contributed by atoms with Crippen LogP contribution >= 0.6 is 11.8 Å². The van der Waals surface area contributed by atoms with Crippen molar-refractivity contribution < 1.29 is 19.5 Å². The summed E-state index contributed by atoms with van der Waals surface area (Å²) in [5.74, 6) is -0.494. The van der Waals surface area contributed by atoms with Crippen molar-refractivity contribution in [3.63, 3.8) is 0 Å². The van der Waals surface area contributed by atoms with Crippen LogP contribution in [0.3, 0.4) is 0 Å². The highest BCUT2D eigenvalue weighted by molar-refractivity contribution is 7.97. The van der Waals surface area contributed by atoms with E-state index in [2.05, 4.69) is 35.8 Å². The number of rotatable bonds is 8. The largest absolute Gasteiger partial charge is 0.480 e. The van der Waals surface area contributed by atoms with Gasteiger partial charge in [-0.05, 0) is 41.5 Å². The van der Waals surface area contributed by atoms with Crippen molar-refractivity contribution in [2.45, 2.75) is 19.1 Å². The summed E-state index contributed by atoms with van der Waals surface area (Å²) in [6.07, 6.45) is 2.69. The molecule has 6 nitrogen and oxygen atoms in total. The molecule has 3 aromatic carbocycles. The number of carbonyl (C=O) groups excluding carboxylic acids is 2. The highest BCUT2D eigenvalue weighted by Crippen LogP contribution is 2.21. The summed E-state index contributed by atoms with van der Waals surface area (Å²) in [5, 5.41) is 10.9. The van der Waals surface area contributed by atoms with Crippen molar-refractivity contribution in [1.29, 1.82) is 0 Å². The zero-order valence-corrected chi connectivity index (χ0v) is 20.3. The number of nitrogens with zero attached hydrogens (tertiary/aromatic N) is 1. The van der Waals surface area contributed by atoms with Gasteiger partial charge in [-0.1, -0.05) is 79.7 Å². The number of urea groups is 1. The van der Waals surface area contributed by atoms with Crippen molar-refractivity contribution in [3.8, 4) is 11.1 Å².